The van der Waals surface area contributed by atoms with Gasteiger partial charge in [-0.25, -0.2) is 23.1 Å². The molecule has 0 unspecified atom stereocenters. The first kappa shape index (κ1) is 34.0. The average molecular weight is 688 g/mol. The van der Waals surface area contributed by atoms with Gasteiger partial charge in [0.25, 0.3) is 12.0 Å². The lowest BCUT2D eigenvalue weighted by molar-refractivity contribution is -0.108. The SMILES string of the molecule is COc1ccc(CCn2c(-c3cccnc3)nc3cc(NC(=N[C@H]4C[C@@H]5C[C@H]([C@@H]4C)C5(C)C)N4CCN[C@@H](C(F)F)C4)ccc3c2=O)c(F)c1. The topological polar surface area (TPSA) is 96.7 Å². The Hall–Kier alpha value is -4.45. The predicted molar refractivity (Wildman–Crippen MR) is 189 cm³/mol. The molecule has 2 N–H and O–H groups in total. The third-order valence-electron chi connectivity index (χ3n) is 11.4. The van der Waals surface area contributed by atoms with E-state index >= 15 is 0 Å². The van der Waals surface area contributed by atoms with Crippen LogP contribution in [0.4, 0.5) is 18.9 Å². The number of anilines is 1. The number of nitrogens with zero attached hydrogens (tertiary/aromatic N) is 5. The highest BCUT2D eigenvalue weighted by Gasteiger charge is 2.56. The Bertz CT molecular complexity index is 1950. The molecule has 12 heteroatoms. The minimum absolute atomic E-state index is 0.0765. The number of fused-ring (bicyclic) bond motifs is 3. The van der Waals surface area contributed by atoms with Gasteiger partial charge in [0.15, 0.2) is 5.96 Å². The number of hydrogen-bond acceptors (Lipinski definition) is 6. The number of benzene rings is 2. The molecule has 2 bridgehead atoms. The molecule has 0 spiro atoms. The number of aryl methyl sites for hydroxylation is 1. The summed E-state index contributed by atoms with van der Waals surface area (Å²) in [5.41, 5.74) is 2.25. The molecule has 3 aliphatic carbocycles. The third kappa shape index (κ3) is 6.45. The minimum Gasteiger partial charge on any atom is -0.497 e. The van der Waals surface area contributed by atoms with Crippen LogP contribution in [0.2, 0.25) is 0 Å². The summed E-state index contributed by atoms with van der Waals surface area (Å²) < 4.78 is 49.2. The first-order chi connectivity index (χ1) is 24.0. The molecule has 264 valence electrons. The van der Waals surface area contributed by atoms with Crippen LogP contribution in [-0.2, 0) is 13.0 Å². The van der Waals surface area contributed by atoms with Crippen LogP contribution in [0.3, 0.4) is 0 Å². The fourth-order valence-electron chi connectivity index (χ4n) is 8.22. The monoisotopic (exact) mass is 687 g/mol. The molecule has 2 aromatic carbocycles. The van der Waals surface area contributed by atoms with Gasteiger partial charge < -0.3 is 20.3 Å². The van der Waals surface area contributed by atoms with Crippen molar-refractivity contribution < 1.29 is 17.9 Å². The summed E-state index contributed by atoms with van der Waals surface area (Å²) in [6, 6.07) is 12.7. The van der Waals surface area contributed by atoms with Gasteiger partial charge in [-0.1, -0.05) is 26.8 Å². The Morgan fingerprint density at radius 3 is 2.72 bits per heavy atom. The molecule has 9 nitrogen and oxygen atoms in total. The third-order valence-corrected chi connectivity index (χ3v) is 11.4. The van der Waals surface area contributed by atoms with E-state index in [9.17, 15) is 18.0 Å². The number of halogens is 3. The number of alkyl halides is 2. The van der Waals surface area contributed by atoms with Crippen LogP contribution < -0.4 is 20.9 Å². The van der Waals surface area contributed by atoms with Crippen LogP contribution in [0.15, 0.2) is 70.7 Å². The largest absolute Gasteiger partial charge is 0.497 e. The Labute approximate surface area is 290 Å². The summed E-state index contributed by atoms with van der Waals surface area (Å²) >= 11 is 0. The highest BCUT2D eigenvalue weighted by Crippen LogP contribution is 2.61. The summed E-state index contributed by atoms with van der Waals surface area (Å²) in [4.78, 5) is 30.4. The van der Waals surface area contributed by atoms with Crippen LogP contribution in [0, 0.1) is 29.0 Å². The minimum atomic E-state index is -2.50. The molecule has 3 heterocycles. The normalized spacial score (nSPS) is 24.7. The Morgan fingerprint density at radius 2 is 2.02 bits per heavy atom. The van der Waals surface area contributed by atoms with Crippen LogP contribution in [0.25, 0.3) is 22.3 Å². The van der Waals surface area contributed by atoms with Crippen LogP contribution in [0.5, 0.6) is 5.75 Å². The molecule has 50 heavy (non-hydrogen) atoms. The number of aliphatic imine (C=N–C) groups is 1. The lowest BCUT2D eigenvalue weighted by Gasteiger charge is -2.61. The first-order valence-corrected chi connectivity index (χ1v) is 17.4. The van der Waals surface area contributed by atoms with E-state index < -0.39 is 18.3 Å². The molecule has 4 fully saturated rings. The van der Waals surface area contributed by atoms with Gasteiger partial charge in [-0.3, -0.25) is 14.3 Å². The predicted octanol–water partition coefficient (Wildman–Crippen LogP) is 6.23. The zero-order valence-electron chi connectivity index (χ0n) is 28.9. The fraction of sp³-hybridized carbons (Fsp3) is 0.474. The van der Waals surface area contributed by atoms with E-state index in [4.69, 9.17) is 14.7 Å². The number of hydrogen-bond donors (Lipinski definition) is 2. The summed E-state index contributed by atoms with van der Waals surface area (Å²) in [6.07, 6.45) is 3.24. The molecule has 8 rings (SSSR count). The van der Waals surface area contributed by atoms with Crippen LogP contribution >= 0.6 is 0 Å². The maximum atomic E-state index is 14.8. The van der Waals surface area contributed by atoms with Crippen molar-refractivity contribution >= 4 is 22.5 Å². The Morgan fingerprint density at radius 1 is 1.18 bits per heavy atom. The van der Waals surface area contributed by atoms with Crippen LogP contribution in [0.1, 0.15) is 39.2 Å². The molecule has 5 atom stereocenters. The van der Waals surface area contributed by atoms with E-state index in [2.05, 4.69) is 36.4 Å². The highest BCUT2D eigenvalue weighted by atomic mass is 19.3. The number of methoxy groups -OCH3 is 1. The van der Waals surface area contributed by atoms with Crippen molar-refractivity contribution in [2.45, 2.75) is 65.1 Å². The summed E-state index contributed by atoms with van der Waals surface area (Å²) in [6.45, 7) is 8.22. The van der Waals surface area contributed by atoms with E-state index in [1.807, 2.05) is 11.0 Å². The zero-order chi connectivity index (χ0) is 35.2. The summed E-state index contributed by atoms with van der Waals surface area (Å²) in [5.74, 6) is 2.52. The van der Waals surface area contributed by atoms with Gasteiger partial charge in [-0.05, 0) is 84.4 Å². The molecular weight excluding hydrogens is 643 g/mol. The highest BCUT2D eigenvalue weighted by molar-refractivity contribution is 5.96. The molecule has 0 radical (unpaired) electrons. The molecule has 4 aliphatic rings. The Kier molecular flexibility index (Phi) is 9.32. The quantitative estimate of drug-likeness (QED) is 0.168. The number of aromatic nitrogens is 3. The molecule has 1 aliphatic heterocycles. The maximum Gasteiger partial charge on any atom is 0.261 e. The summed E-state index contributed by atoms with van der Waals surface area (Å²) in [5, 5.41) is 6.80. The average Bonchev–Trinajstić information content (AvgIpc) is 3.12. The lowest BCUT2D eigenvalue weighted by Crippen LogP contribution is -2.58. The molecule has 2 aromatic heterocycles. The summed E-state index contributed by atoms with van der Waals surface area (Å²) in [7, 11) is 1.48. The smallest absolute Gasteiger partial charge is 0.261 e. The van der Waals surface area contributed by atoms with Crippen molar-refractivity contribution in [3.8, 4) is 17.1 Å². The van der Waals surface area contributed by atoms with Gasteiger partial charge in [0.05, 0.1) is 30.1 Å². The van der Waals surface area contributed by atoms with Gasteiger partial charge >= 0.3 is 0 Å². The molecule has 1 saturated heterocycles. The van der Waals surface area contributed by atoms with E-state index in [1.165, 1.54) is 19.6 Å². The van der Waals surface area contributed by atoms with Crippen molar-refractivity contribution in [1.82, 2.24) is 24.8 Å². The number of piperazine rings is 1. The van der Waals surface area contributed by atoms with E-state index in [1.54, 1.807) is 53.4 Å². The second-order valence-electron chi connectivity index (χ2n) is 14.5. The second kappa shape index (κ2) is 13.7. The lowest BCUT2D eigenvalue weighted by atomic mass is 9.45. The number of rotatable bonds is 8. The zero-order valence-corrected chi connectivity index (χ0v) is 28.9. The van der Waals surface area contributed by atoms with Crippen LogP contribution in [-0.4, -0.2) is 70.6 Å². The number of guanidine groups is 1. The first-order valence-electron chi connectivity index (χ1n) is 17.4. The second-order valence-corrected chi connectivity index (χ2v) is 14.5. The van der Waals surface area contributed by atoms with E-state index in [0.29, 0.717) is 81.5 Å². The van der Waals surface area contributed by atoms with Gasteiger partial charge in [0.1, 0.15) is 17.4 Å². The molecule has 4 aromatic rings. The Balaban J connectivity index is 1.23. The van der Waals surface area contributed by atoms with Crippen molar-refractivity contribution in [3.63, 3.8) is 0 Å². The van der Waals surface area contributed by atoms with Crippen molar-refractivity contribution in [3.05, 3.63) is 82.7 Å². The number of pyridine rings is 1. The van der Waals surface area contributed by atoms with Gasteiger partial charge in [-0.2, -0.15) is 0 Å². The number of ether oxygens (including phenoxy) is 1. The van der Waals surface area contributed by atoms with E-state index in [-0.39, 0.29) is 31.1 Å². The fourth-order valence-corrected chi connectivity index (χ4v) is 8.22. The molecule has 3 saturated carbocycles. The van der Waals surface area contributed by atoms with Crippen molar-refractivity contribution in [2.24, 2.45) is 28.2 Å². The van der Waals surface area contributed by atoms with Crippen molar-refractivity contribution in [1.29, 1.82) is 0 Å². The maximum absolute atomic E-state index is 14.8. The number of nitrogens with one attached hydrogen (secondary N) is 2. The molecular formula is C38H44F3N7O2. The van der Waals surface area contributed by atoms with Gasteiger partial charge in [-0.15, -0.1) is 0 Å². The van der Waals surface area contributed by atoms with Crippen molar-refractivity contribution in [2.75, 3.05) is 32.1 Å². The standard InChI is InChI=1S/C38H44F3N7O2/c1-22-29-16-25(38(29,2)3)17-31(22)46-37(47-15-13-43-33(21-47)34(40)41)44-26-8-10-28-32(18-26)45-35(24-6-5-12-42-20-24)48(36(28)49)14-11-23-7-9-27(50-4)19-30(23)39/h5-10,12,18-20,22,25,29,31,33-34,43H,11,13-17,21H2,1-4H3,(H,44,46)/t22-,25-,29+,31-,33+/m0/s1. The molecule has 0 amide bonds. The van der Waals surface area contributed by atoms with Gasteiger partial charge in [0, 0.05) is 55.9 Å². The van der Waals surface area contributed by atoms with Gasteiger partial charge in [0.2, 0.25) is 0 Å². The van der Waals surface area contributed by atoms with E-state index in [0.717, 1.165) is 6.42 Å².